The van der Waals surface area contributed by atoms with E-state index in [1.54, 1.807) is 0 Å². The van der Waals surface area contributed by atoms with Crippen LogP contribution in [0.3, 0.4) is 0 Å². The Morgan fingerprint density at radius 3 is 2.75 bits per heavy atom. The average molecular weight is 287 g/mol. The quantitative estimate of drug-likeness (QED) is 0.919. The first-order valence-corrected chi connectivity index (χ1v) is 6.92. The summed E-state index contributed by atoms with van der Waals surface area (Å²) in [5, 5.41) is 2.52. The maximum Gasteiger partial charge on any atom is 0.247 e. The van der Waals surface area contributed by atoms with Crippen molar-refractivity contribution in [1.82, 2.24) is 5.43 Å². The Morgan fingerprint density at radius 1 is 1.20 bits per heavy atom. The number of hydrogen-bond acceptors (Lipinski definition) is 2. The van der Waals surface area contributed by atoms with Gasteiger partial charge in [0.15, 0.2) is 0 Å². The molecule has 0 spiro atoms. The van der Waals surface area contributed by atoms with Gasteiger partial charge in [-0.1, -0.05) is 41.9 Å². The molecule has 2 aromatic carbocycles. The zero-order chi connectivity index (χ0) is 14.1. The zero-order valence-corrected chi connectivity index (χ0v) is 11.9. The van der Waals surface area contributed by atoms with Crippen LogP contribution in [0.25, 0.3) is 0 Å². The standard InChI is InChI=1S/C16H15ClN2O/c1-11-5-4-6-12(9-11)19-10-14(16(20)18-19)13-7-2-3-8-15(13)17/h2-9,14H,10H2,1H3,(H,18,20). The molecule has 1 N–H and O–H groups in total. The van der Waals surface area contributed by atoms with Crippen LogP contribution in [0.2, 0.25) is 5.02 Å². The Morgan fingerprint density at radius 2 is 2.00 bits per heavy atom. The van der Waals surface area contributed by atoms with E-state index in [4.69, 9.17) is 11.6 Å². The summed E-state index contributed by atoms with van der Waals surface area (Å²) in [6.45, 7) is 2.62. The molecule has 1 heterocycles. The second-order valence-corrected chi connectivity index (χ2v) is 5.41. The summed E-state index contributed by atoms with van der Waals surface area (Å²) in [6.07, 6.45) is 0. The number of anilines is 1. The number of rotatable bonds is 2. The Labute approximate surface area is 123 Å². The first kappa shape index (κ1) is 13.0. The van der Waals surface area contributed by atoms with Gasteiger partial charge in [0, 0.05) is 5.02 Å². The molecule has 2 aromatic rings. The van der Waals surface area contributed by atoms with E-state index in [9.17, 15) is 4.79 Å². The molecule has 0 bridgehead atoms. The van der Waals surface area contributed by atoms with E-state index < -0.39 is 0 Å². The fraction of sp³-hybridized carbons (Fsp3) is 0.188. The lowest BCUT2D eigenvalue weighted by Crippen LogP contribution is -2.32. The van der Waals surface area contributed by atoms with Crippen LogP contribution in [-0.2, 0) is 4.79 Å². The highest BCUT2D eigenvalue weighted by atomic mass is 35.5. The molecule has 1 amide bonds. The van der Waals surface area contributed by atoms with Crippen molar-refractivity contribution in [2.45, 2.75) is 12.8 Å². The maximum atomic E-state index is 12.2. The average Bonchev–Trinajstić information content (AvgIpc) is 2.81. The molecule has 1 unspecified atom stereocenters. The molecule has 0 radical (unpaired) electrons. The Bertz CT molecular complexity index is 656. The van der Waals surface area contributed by atoms with Crippen LogP contribution in [0.5, 0.6) is 0 Å². The summed E-state index contributed by atoms with van der Waals surface area (Å²) in [4.78, 5) is 12.2. The van der Waals surface area contributed by atoms with Gasteiger partial charge in [0.1, 0.15) is 0 Å². The SMILES string of the molecule is Cc1cccc(N2CC(c3ccccc3Cl)C(=O)N2)c1. The number of carbonyl (C=O) groups is 1. The highest BCUT2D eigenvalue weighted by Crippen LogP contribution is 2.30. The Kier molecular flexibility index (Phi) is 3.36. The van der Waals surface area contributed by atoms with Gasteiger partial charge in [-0.25, -0.2) is 0 Å². The molecule has 1 fully saturated rings. The van der Waals surface area contributed by atoms with E-state index in [1.165, 1.54) is 0 Å². The lowest BCUT2D eigenvalue weighted by Gasteiger charge is -2.18. The molecule has 3 rings (SSSR count). The molecular weight excluding hydrogens is 272 g/mol. The minimum absolute atomic E-state index is 0.0143. The van der Waals surface area contributed by atoms with Gasteiger partial charge < -0.3 is 0 Å². The van der Waals surface area contributed by atoms with Gasteiger partial charge in [-0.3, -0.25) is 15.2 Å². The van der Waals surface area contributed by atoms with Gasteiger partial charge in [0.2, 0.25) is 5.91 Å². The summed E-state index contributed by atoms with van der Waals surface area (Å²) in [5.74, 6) is -0.246. The monoisotopic (exact) mass is 286 g/mol. The fourth-order valence-electron chi connectivity index (χ4n) is 2.49. The molecular formula is C16H15ClN2O. The van der Waals surface area contributed by atoms with E-state index >= 15 is 0 Å². The van der Waals surface area contributed by atoms with Gasteiger partial charge >= 0.3 is 0 Å². The first-order valence-electron chi connectivity index (χ1n) is 6.54. The number of aryl methyl sites for hydroxylation is 1. The van der Waals surface area contributed by atoms with Gasteiger partial charge in [0.25, 0.3) is 0 Å². The predicted molar refractivity (Wildman–Crippen MR) is 80.9 cm³/mol. The Balaban J connectivity index is 1.88. The van der Waals surface area contributed by atoms with E-state index in [-0.39, 0.29) is 11.8 Å². The van der Waals surface area contributed by atoms with Crippen LogP contribution in [0.4, 0.5) is 5.69 Å². The topological polar surface area (TPSA) is 32.3 Å². The molecule has 0 aliphatic carbocycles. The van der Waals surface area contributed by atoms with E-state index in [2.05, 4.69) is 11.5 Å². The highest BCUT2D eigenvalue weighted by Gasteiger charge is 2.33. The van der Waals surface area contributed by atoms with E-state index in [1.807, 2.05) is 54.4 Å². The molecule has 1 aliphatic heterocycles. The van der Waals surface area contributed by atoms with Crippen LogP contribution in [0.15, 0.2) is 48.5 Å². The molecule has 20 heavy (non-hydrogen) atoms. The van der Waals surface area contributed by atoms with Crippen molar-refractivity contribution in [2.24, 2.45) is 0 Å². The number of nitrogens with one attached hydrogen (secondary N) is 1. The van der Waals surface area contributed by atoms with Crippen molar-refractivity contribution >= 4 is 23.2 Å². The van der Waals surface area contributed by atoms with Crippen molar-refractivity contribution in [3.05, 3.63) is 64.7 Å². The minimum Gasteiger partial charge on any atom is -0.284 e. The number of amides is 1. The molecule has 4 heteroatoms. The summed E-state index contributed by atoms with van der Waals surface area (Å²) in [6, 6.07) is 15.6. The van der Waals surface area contributed by atoms with Crippen molar-refractivity contribution in [2.75, 3.05) is 11.6 Å². The van der Waals surface area contributed by atoms with Gasteiger partial charge in [-0.2, -0.15) is 0 Å². The van der Waals surface area contributed by atoms with Crippen molar-refractivity contribution in [1.29, 1.82) is 0 Å². The first-order chi connectivity index (χ1) is 9.65. The van der Waals surface area contributed by atoms with Crippen LogP contribution in [0, 0.1) is 6.92 Å². The predicted octanol–water partition coefficient (Wildman–Crippen LogP) is 3.28. The Hall–Kier alpha value is -2.00. The number of benzene rings is 2. The van der Waals surface area contributed by atoms with Crippen molar-refractivity contribution < 1.29 is 4.79 Å². The lowest BCUT2D eigenvalue weighted by atomic mass is 9.99. The number of halogens is 1. The summed E-state index contributed by atoms with van der Waals surface area (Å²) in [7, 11) is 0. The molecule has 0 saturated carbocycles. The summed E-state index contributed by atoms with van der Waals surface area (Å²) in [5.41, 5.74) is 5.94. The van der Waals surface area contributed by atoms with Crippen LogP contribution in [-0.4, -0.2) is 12.5 Å². The summed E-state index contributed by atoms with van der Waals surface area (Å²) < 4.78 is 0. The number of hydrogen-bond donors (Lipinski definition) is 1. The van der Waals surface area contributed by atoms with Gasteiger partial charge in [-0.15, -0.1) is 0 Å². The molecule has 1 aliphatic rings. The number of nitrogens with zero attached hydrogens (tertiary/aromatic N) is 1. The van der Waals surface area contributed by atoms with Crippen LogP contribution in [0.1, 0.15) is 17.0 Å². The maximum absolute atomic E-state index is 12.2. The molecule has 102 valence electrons. The molecule has 0 aromatic heterocycles. The molecule has 3 nitrogen and oxygen atoms in total. The van der Waals surface area contributed by atoms with E-state index in [0.717, 1.165) is 16.8 Å². The van der Waals surface area contributed by atoms with Crippen LogP contribution >= 0.6 is 11.6 Å². The number of hydrazine groups is 1. The lowest BCUT2D eigenvalue weighted by molar-refractivity contribution is -0.120. The third kappa shape index (κ3) is 2.37. The van der Waals surface area contributed by atoms with E-state index in [0.29, 0.717) is 11.6 Å². The fourth-order valence-corrected chi connectivity index (χ4v) is 2.75. The summed E-state index contributed by atoms with van der Waals surface area (Å²) >= 11 is 6.19. The second kappa shape index (κ2) is 5.17. The van der Waals surface area contributed by atoms with Gasteiger partial charge in [0.05, 0.1) is 18.2 Å². The third-order valence-electron chi connectivity index (χ3n) is 3.52. The van der Waals surface area contributed by atoms with Crippen molar-refractivity contribution in [3.8, 4) is 0 Å². The van der Waals surface area contributed by atoms with Crippen LogP contribution < -0.4 is 10.4 Å². The smallest absolute Gasteiger partial charge is 0.247 e. The van der Waals surface area contributed by atoms with Crippen molar-refractivity contribution in [3.63, 3.8) is 0 Å². The highest BCUT2D eigenvalue weighted by molar-refractivity contribution is 6.31. The molecule has 1 saturated heterocycles. The third-order valence-corrected chi connectivity index (χ3v) is 3.86. The molecule has 1 atom stereocenters. The van der Waals surface area contributed by atoms with Gasteiger partial charge in [-0.05, 0) is 36.2 Å². The number of carbonyl (C=O) groups excluding carboxylic acids is 1. The normalized spacial score (nSPS) is 18.2. The second-order valence-electron chi connectivity index (χ2n) is 5.00. The minimum atomic E-state index is -0.232. The largest absolute Gasteiger partial charge is 0.284 e. The zero-order valence-electron chi connectivity index (χ0n) is 11.1.